The number of rotatable bonds is 2. The van der Waals surface area contributed by atoms with E-state index in [-0.39, 0.29) is 28.3 Å². The Kier molecular flexibility index (Phi) is 3.72. The monoisotopic (exact) mass is 408 g/mol. The minimum Gasteiger partial charge on any atom is -0.399 e. The van der Waals surface area contributed by atoms with Gasteiger partial charge >= 0.3 is 7.12 Å². The van der Waals surface area contributed by atoms with Crippen molar-refractivity contribution in [2.75, 3.05) is 0 Å². The van der Waals surface area contributed by atoms with Gasteiger partial charge in [0.2, 0.25) is 0 Å². The van der Waals surface area contributed by atoms with E-state index in [1.807, 2.05) is 39.8 Å². The van der Waals surface area contributed by atoms with Crippen molar-refractivity contribution in [2.24, 2.45) is 5.41 Å². The third-order valence-electron chi connectivity index (χ3n) is 8.76. The van der Waals surface area contributed by atoms with Gasteiger partial charge in [-0.25, -0.2) is 0 Å². The second-order valence-corrected chi connectivity index (χ2v) is 11.4. The molecule has 1 aliphatic carbocycles. The Morgan fingerprint density at radius 1 is 0.800 bits per heavy atom. The maximum atomic E-state index is 9.14. The van der Waals surface area contributed by atoms with E-state index in [0.717, 1.165) is 16.6 Å². The number of hydrogen-bond donors (Lipinski definition) is 0. The normalized spacial score (nSPS) is 26.1. The SMILES string of the molecule is [2H]c1c([2H])c2c(c([2H])c1-c1ccc(B3OC(C)(C)C(C)(C)O3)cn1)C(C)(C)C(C)(C)C2(C)C. The smallest absolute Gasteiger partial charge is 0.399 e. The first-order valence-corrected chi connectivity index (χ1v) is 10.8. The van der Waals surface area contributed by atoms with E-state index in [1.165, 1.54) is 0 Å². The highest BCUT2D eigenvalue weighted by molar-refractivity contribution is 6.62. The van der Waals surface area contributed by atoms with Crippen LogP contribution in [0.25, 0.3) is 11.3 Å². The van der Waals surface area contributed by atoms with Crippen molar-refractivity contribution in [1.82, 2.24) is 4.98 Å². The molecule has 2 aromatic rings. The van der Waals surface area contributed by atoms with Crippen LogP contribution in [0.2, 0.25) is 0 Å². The lowest BCUT2D eigenvalue weighted by Crippen LogP contribution is -2.42. The Balaban J connectivity index is 1.83. The van der Waals surface area contributed by atoms with Crippen molar-refractivity contribution in [3.05, 3.63) is 47.6 Å². The molecule has 1 aliphatic heterocycles. The van der Waals surface area contributed by atoms with Crippen molar-refractivity contribution < 1.29 is 13.4 Å². The van der Waals surface area contributed by atoms with Gasteiger partial charge in [-0.05, 0) is 67.2 Å². The van der Waals surface area contributed by atoms with Crippen LogP contribution in [0.15, 0.2) is 36.5 Å². The standard InChI is InChI=1S/C26H36BNO2/c1-22(2)19-13-11-17(15-20(19)23(3,4)24(22,5)6)21-14-12-18(16-28-21)27-29-25(7,8)26(9,10)30-27/h11-16H,1-10H3/i11D,13D,15D. The lowest BCUT2D eigenvalue weighted by molar-refractivity contribution is 0.00578. The van der Waals surface area contributed by atoms with E-state index in [4.69, 9.17) is 13.4 Å². The van der Waals surface area contributed by atoms with E-state index in [9.17, 15) is 0 Å². The molecule has 0 saturated carbocycles. The van der Waals surface area contributed by atoms with Gasteiger partial charge in [0.05, 0.1) is 21.0 Å². The van der Waals surface area contributed by atoms with E-state index in [2.05, 4.69) is 46.5 Å². The van der Waals surface area contributed by atoms with E-state index in [1.54, 1.807) is 6.20 Å². The molecule has 0 unspecified atom stereocenters. The predicted octanol–water partition coefficient (Wildman–Crippen LogP) is 5.64. The summed E-state index contributed by atoms with van der Waals surface area (Å²) in [6.07, 6.45) is 1.70. The van der Waals surface area contributed by atoms with Gasteiger partial charge in [0, 0.05) is 17.2 Å². The van der Waals surface area contributed by atoms with Gasteiger partial charge in [-0.1, -0.05) is 59.7 Å². The largest absolute Gasteiger partial charge is 0.496 e. The fourth-order valence-electron chi connectivity index (χ4n) is 4.55. The summed E-state index contributed by atoms with van der Waals surface area (Å²) >= 11 is 0. The van der Waals surface area contributed by atoms with E-state index < -0.39 is 18.3 Å². The highest BCUT2D eigenvalue weighted by atomic mass is 16.7. The van der Waals surface area contributed by atoms with Crippen LogP contribution >= 0.6 is 0 Å². The zero-order chi connectivity index (χ0) is 24.9. The average molecular weight is 408 g/mol. The number of pyridine rings is 1. The van der Waals surface area contributed by atoms with Gasteiger partial charge < -0.3 is 9.31 Å². The molecule has 160 valence electrons. The number of hydrogen-bond acceptors (Lipinski definition) is 3. The second kappa shape index (κ2) is 6.20. The van der Waals surface area contributed by atoms with Crippen molar-refractivity contribution in [2.45, 2.75) is 91.3 Å². The van der Waals surface area contributed by atoms with Crippen molar-refractivity contribution in [3.8, 4) is 11.3 Å². The molecule has 1 aromatic heterocycles. The predicted molar refractivity (Wildman–Crippen MR) is 125 cm³/mol. The molecule has 1 aromatic carbocycles. The fourth-order valence-corrected chi connectivity index (χ4v) is 4.55. The molecule has 0 radical (unpaired) electrons. The Morgan fingerprint density at radius 3 is 1.90 bits per heavy atom. The molecule has 2 aliphatic rings. The average Bonchev–Trinajstić information content (AvgIpc) is 2.97. The molecular weight excluding hydrogens is 369 g/mol. The number of benzene rings is 1. The lowest BCUT2D eigenvalue weighted by atomic mass is 9.59. The summed E-state index contributed by atoms with van der Waals surface area (Å²) in [5, 5.41) is 0. The third-order valence-corrected chi connectivity index (χ3v) is 8.76. The molecule has 1 fully saturated rings. The van der Waals surface area contributed by atoms with Crippen LogP contribution in [-0.4, -0.2) is 23.3 Å². The van der Waals surface area contributed by atoms with Crippen LogP contribution in [0, 0.1) is 5.41 Å². The second-order valence-electron chi connectivity index (χ2n) is 11.4. The summed E-state index contributed by atoms with van der Waals surface area (Å²) in [6.45, 7) is 21.0. The molecule has 4 heteroatoms. The van der Waals surface area contributed by atoms with Crippen LogP contribution in [0.5, 0.6) is 0 Å². The number of aromatic nitrogens is 1. The third kappa shape index (κ3) is 2.76. The van der Waals surface area contributed by atoms with Gasteiger partial charge in [0.15, 0.2) is 0 Å². The zero-order valence-corrected chi connectivity index (χ0v) is 20.1. The quantitative estimate of drug-likeness (QED) is 0.603. The topological polar surface area (TPSA) is 31.4 Å². The van der Waals surface area contributed by atoms with Gasteiger partial charge in [-0.2, -0.15) is 0 Å². The molecule has 0 bridgehead atoms. The van der Waals surface area contributed by atoms with E-state index >= 15 is 0 Å². The molecule has 0 atom stereocenters. The van der Waals surface area contributed by atoms with Gasteiger partial charge in [0.25, 0.3) is 0 Å². The lowest BCUT2D eigenvalue weighted by Gasteiger charge is -2.44. The molecule has 0 spiro atoms. The Labute approximate surface area is 187 Å². The maximum absolute atomic E-state index is 9.14. The minimum atomic E-state index is -0.519. The molecule has 0 N–H and O–H groups in total. The van der Waals surface area contributed by atoms with Gasteiger partial charge in [-0.3, -0.25) is 4.98 Å². The summed E-state index contributed by atoms with van der Waals surface area (Å²) in [6, 6.07) is 4.29. The fraction of sp³-hybridized carbons (Fsp3) is 0.577. The van der Waals surface area contributed by atoms with E-state index in [0.29, 0.717) is 17.3 Å². The molecule has 4 rings (SSSR count). The van der Waals surface area contributed by atoms with Crippen molar-refractivity contribution >= 4 is 12.6 Å². The minimum absolute atomic E-state index is 0.0659. The summed E-state index contributed by atoms with van der Waals surface area (Å²) < 4.78 is 39.1. The van der Waals surface area contributed by atoms with Crippen LogP contribution < -0.4 is 5.46 Å². The maximum Gasteiger partial charge on any atom is 0.496 e. The van der Waals surface area contributed by atoms with Crippen molar-refractivity contribution in [1.29, 1.82) is 0 Å². The summed E-state index contributed by atoms with van der Waals surface area (Å²) in [5.41, 5.74) is 1.70. The number of fused-ring (bicyclic) bond motifs is 1. The number of nitrogens with zero attached hydrogens (tertiary/aromatic N) is 1. The van der Waals surface area contributed by atoms with Crippen LogP contribution in [0.3, 0.4) is 0 Å². The first-order valence-electron chi connectivity index (χ1n) is 12.3. The Hall–Kier alpha value is -1.65. The Bertz CT molecular complexity index is 1120. The zero-order valence-electron chi connectivity index (χ0n) is 23.1. The molecule has 2 heterocycles. The molecule has 1 saturated heterocycles. The van der Waals surface area contributed by atoms with Gasteiger partial charge in [0.1, 0.15) is 0 Å². The van der Waals surface area contributed by atoms with Crippen LogP contribution in [0.1, 0.15) is 84.5 Å². The Morgan fingerprint density at radius 2 is 1.37 bits per heavy atom. The first-order chi connectivity index (χ1) is 14.9. The van der Waals surface area contributed by atoms with Crippen LogP contribution in [-0.2, 0) is 20.1 Å². The van der Waals surface area contributed by atoms with Crippen molar-refractivity contribution in [3.63, 3.8) is 0 Å². The summed E-state index contributed by atoms with van der Waals surface area (Å²) in [4.78, 5) is 4.61. The van der Waals surface area contributed by atoms with Gasteiger partial charge in [-0.15, -0.1) is 0 Å². The highest BCUT2D eigenvalue weighted by Gasteiger charge is 2.56. The molecule has 3 nitrogen and oxygen atoms in total. The summed E-state index contributed by atoms with van der Waals surface area (Å²) in [7, 11) is -0.519. The highest BCUT2D eigenvalue weighted by Crippen LogP contribution is 2.61. The molecular formula is C26H36BNO2. The van der Waals surface area contributed by atoms with Crippen LogP contribution in [0.4, 0.5) is 0 Å². The molecule has 0 amide bonds. The summed E-state index contributed by atoms with van der Waals surface area (Å²) in [5.74, 6) is 0. The molecule has 30 heavy (non-hydrogen) atoms. The first kappa shape index (κ1) is 18.0.